The predicted octanol–water partition coefficient (Wildman–Crippen LogP) is 1.84. The van der Waals surface area contributed by atoms with Gasteiger partial charge in [-0.1, -0.05) is 0 Å². The van der Waals surface area contributed by atoms with Crippen LogP contribution in [0.5, 0.6) is 11.5 Å². The molecule has 0 atom stereocenters. The van der Waals surface area contributed by atoms with E-state index in [9.17, 15) is 4.79 Å². The Hall–Kier alpha value is -3.49. The zero-order chi connectivity index (χ0) is 20.2. The molecule has 1 N–H and O–H groups in total. The summed E-state index contributed by atoms with van der Waals surface area (Å²) in [6.07, 6.45) is 6.13. The van der Waals surface area contributed by atoms with Crippen LogP contribution < -0.4 is 19.7 Å². The molecule has 0 unspecified atom stereocenters. The van der Waals surface area contributed by atoms with Crippen LogP contribution in [0.3, 0.4) is 0 Å². The maximum Gasteiger partial charge on any atom is 0.270 e. The number of carbonyl (C=O) groups is 1. The van der Waals surface area contributed by atoms with E-state index in [1.807, 2.05) is 12.1 Å². The molecule has 150 valence electrons. The molecule has 0 radical (unpaired) electrons. The lowest BCUT2D eigenvalue weighted by molar-refractivity contribution is 0.0926. The Labute approximate surface area is 168 Å². The summed E-state index contributed by atoms with van der Waals surface area (Å²) < 4.78 is 10.8. The molecule has 29 heavy (non-hydrogen) atoms. The summed E-state index contributed by atoms with van der Waals surface area (Å²) in [5.41, 5.74) is 1.18. The van der Waals surface area contributed by atoms with Gasteiger partial charge in [-0.2, -0.15) is 0 Å². The first kappa shape index (κ1) is 18.9. The van der Waals surface area contributed by atoms with Gasteiger partial charge in [0.05, 0.1) is 19.7 Å². The number of anilines is 1. The normalized spacial score (nSPS) is 14.6. The van der Waals surface area contributed by atoms with Gasteiger partial charge in [0.15, 0.2) is 11.5 Å². The Bertz CT molecular complexity index is 1010. The number of benzene rings is 1. The van der Waals surface area contributed by atoms with Crippen LogP contribution in [0.25, 0.3) is 10.9 Å². The second-order valence-electron chi connectivity index (χ2n) is 6.75. The van der Waals surface area contributed by atoms with Crippen molar-refractivity contribution in [2.45, 2.75) is 18.9 Å². The minimum absolute atomic E-state index is 0.0939. The standard InChI is InChI=1S/C20H22N6O3/c1-28-17-9-14-16(10-18(17)29-2)23-12-24-19(14)26-7-4-13(5-8-26)25-20(27)15-3-6-21-11-22-15/h3,6,9-13H,4-5,7-8H2,1-2H3,(H,25,27). The lowest BCUT2D eigenvalue weighted by Crippen LogP contribution is -2.45. The van der Waals surface area contributed by atoms with Gasteiger partial charge in [-0.3, -0.25) is 4.79 Å². The van der Waals surface area contributed by atoms with E-state index in [0.717, 1.165) is 42.7 Å². The van der Waals surface area contributed by atoms with E-state index < -0.39 is 0 Å². The number of piperidine rings is 1. The molecule has 0 bridgehead atoms. The van der Waals surface area contributed by atoms with Gasteiger partial charge >= 0.3 is 0 Å². The Balaban J connectivity index is 1.48. The van der Waals surface area contributed by atoms with Crippen LogP contribution in [0.2, 0.25) is 0 Å². The van der Waals surface area contributed by atoms with Gasteiger partial charge in [0.25, 0.3) is 5.91 Å². The van der Waals surface area contributed by atoms with Gasteiger partial charge in [0, 0.05) is 36.8 Å². The quantitative estimate of drug-likeness (QED) is 0.699. The van der Waals surface area contributed by atoms with Gasteiger partial charge in [0.1, 0.15) is 24.2 Å². The number of aromatic nitrogens is 4. The minimum atomic E-state index is -0.171. The molecule has 1 aliphatic rings. The summed E-state index contributed by atoms with van der Waals surface area (Å²) in [6, 6.07) is 5.47. The van der Waals surface area contributed by atoms with E-state index in [4.69, 9.17) is 9.47 Å². The number of rotatable bonds is 5. The fourth-order valence-electron chi connectivity index (χ4n) is 3.54. The number of amides is 1. The molecule has 1 saturated heterocycles. The molecule has 4 rings (SSSR count). The highest BCUT2D eigenvalue weighted by molar-refractivity contribution is 5.93. The van der Waals surface area contributed by atoms with Crippen LogP contribution in [0, 0.1) is 0 Å². The molecular formula is C20H22N6O3. The highest BCUT2D eigenvalue weighted by Gasteiger charge is 2.24. The van der Waals surface area contributed by atoms with Gasteiger partial charge in [-0.25, -0.2) is 19.9 Å². The van der Waals surface area contributed by atoms with Gasteiger partial charge in [-0.15, -0.1) is 0 Å². The van der Waals surface area contributed by atoms with Gasteiger partial charge in [0.2, 0.25) is 0 Å². The van der Waals surface area contributed by atoms with E-state index in [1.165, 1.54) is 6.33 Å². The molecule has 1 fully saturated rings. The third-order valence-corrected chi connectivity index (χ3v) is 5.06. The molecule has 3 heterocycles. The topological polar surface area (TPSA) is 102 Å². The van der Waals surface area contributed by atoms with Gasteiger partial charge in [-0.05, 0) is 25.0 Å². The van der Waals surface area contributed by atoms with Crippen molar-refractivity contribution in [1.29, 1.82) is 0 Å². The number of ether oxygens (including phenoxy) is 2. The first-order valence-corrected chi connectivity index (χ1v) is 9.38. The van der Waals surface area contributed by atoms with Crippen LogP contribution in [-0.4, -0.2) is 59.2 Å². The van der Waals surface area contributed by atoms with E-state index in [1.54, 1.807) is 32.8 Å². The zero-order valence-electron chi connectivity index (χ0n) is 16.3. The van der Waals surface area contributed by atoms with E-state index in [0.29, 0.717) is 17.2 Å². The van der Waals surface area contributed by atoms with E-state index in [-0.39, 0.29) is 11.9 Å². The van der Waals surface area contributed by atoms with Crippen molar-refractivity contribution in [1.82, 2.24) is 25.3 Å². The number of nitrogens with zero attached hydrogens (tertiary/aromatic N) is 5. The average molecular weight is 394 g/mol. The molecule has 0 aliphatic carbocycles. The molecule has 9 nitrogen and oxygen atoms in total. The van der Waals surface area contributed by atoms with Crippen LogP contribution in [0.4, 0.5) is 5.82 Å². The van der Waals surface area contributed by atoms with Crippen molar-refractivity contribution in [3.05, 3.63) is 42.7 Å². The molecule has 0 saturated carbocycles. The number of hydrogen-bond donors (Lipinski definition) is 1. The van der Waals surface area contributed by atoms with Crippen molar-refractivity contribution >= 4 is 22.6 Å². The first-order valence-electron chi connectivity index (χ1n) is 9.38. The number of carbonyl (C=O) groups excluding carboxylic acids is 1. The number of fused-ring (bicyclic) bond motifs is 1. The van der Waals surface area contributed by atoms with Crippen LogP contribution in [0.1, 0.15) is 23.3 Å². The van der Waals surface area contributed by atoms with Crippen LogP contribution in [0.15, 0.2) is 37.1 Å². The summed E-state index contributed by atoms with van der Waals surface area (Å²) >= 11 is 0. The smallest absolute Gasteiger partial charge is 0.270 e. The highest BCUT2D eigenvalue weighted by atomic mass is 16.5. The molecule has 0 spiro atoms. The van der Waals surface area contributed by atoms with Crippen molar-refractivity contribution in [3.63, 3.8) is 0 Å². The van der Waals surface area contributed by atoms with Gasteiger partial charge < -0.3 is 19.7 Å². The lowest BCUT2D eigenvalue weighted by atomic mass is 10.0. The third-order valence-electron chi connectivity index (χ3n) is 5.06. The molecule has 1 aromatic carbocycles. The molecule has 9 heteroatoms. The lowest BCUT2D eigenvalue weighted by Gasteiger charge is -2.33. The largest absolute Gasteiger partial charge is 0.493 e. The molecule has 3 aromatic rings. The number of nitrogens with one attached hydrogen (secondary N) is 1. The fraction of sp³-hybridized carbons (Fsp3) is 0.350. The number of methoxy groups -OCH3 is 2. The highest BCUT2D eigenvalue weighted by Crippen LogP contribution is 2.35. The summed E-state index contributed by atoms with van der Waals surface area (Å²) in [6.45, 7) is 1.55. The van der Waals surface area contributed by atoms with Crippen molar-refractivity contribution in [2.75, 3.05) is 32.2 Å². The zero-order valence-corrected chi connectivity index (χ0v) is 16.3. The molecule has 2 aromatic heterocycles. The predicted molar refractivity (Wildman–Crippen MR) is 107 cm³/mol. The SMILES string of the molecule is COc1cc2ncnc(N3CCC(NC(=O)c4ccncn4)CC3)c2cc1OC. The maximum absolute atomic E-state index is 12.3. The Morgan fingerprint density at radius 3 is 2.52 bits per heavy atom. The van der Waals surface area contributed by atoms with E-state index in [2.05, 4.69) is 30.2 Å². The minimum Gasteiger partial charge on any atom is -0.493 e. The Morgan fingerprint density at radius 2 is 1.83 bits per heavy atom. The monoisotopic (exact) mass is 394 g/mol. The first-order chi connectivity index (χ1) is 14.2. The average Bonchev–Trinajstić information content (AvgIpc) is 2.78. The second-order valence-corrected chi connectivity index (χ2v) is 6.75. The summed E-state index contributed by atoms with van der Waals surface area (Å²) in [7, 11) is 3.21. The Kier molecular flexibility index (Phi) is 5.37. The van der Waals surface area contributed by atoms with Crippen LogP contribution in [-0.2, 0) is 0 Å². The maximum atomic E-state index is 12.3. The molecular weight excluding hydrogens is 372 g/mol. The third kappa shape index (κ3) is 3.89. The Morgan fingerprint density at radius 1 is 1.07 bits per heavy atom. The van der Waals surface area contributed by atoms with Crippen molar-refractivity contribution in [2.24, 2.45) is 0 Å². The van der Waals surface area contributed by atoms with Crippen LogP contribution >= 0.6 is 0 Å². The second kappa shape index (κ2) is 8.26. The summed E-state index contributed by atoms with van der Waals surface area (Å²) in [4.78, 5) is 31.2. The van der Waals surface area contributed by atoms with Crippen molar-refractivity contribution in [3.8, 4) is 11.5 Å². The molecule has 1 aliphatic heterocycles. The molecule has 1 amide bonds. The number of hydrogen-bond acceptors (Lipinski definition) is 8. The fourth-order valence-corrected chi connectivity index (χ4v) is 3.54. The summed E-state index contributed by atoms with van der Waals surface area (Å²) in [5, 5.41) is 3.96. The summed E-state index contributed by atoms with van der Waals surface area (Å²) in [5.74, 6) is 1.96. The van der Waals surface area contributed by atoms with Crippen molar-refractivity contribution < 1.29 is 14.3 Å². The van der Waals surface area contributed by atoms with E-state index >= 15 is 0 Å².